The Balaban J connectivity index is 2.16. The summed E-state index contributed by atoms with van der Waals surface area (Å²) < 4.78 is 38.5. The minimum absolute atomic E-state index is 0.520. The fourth-order valence-corrected chi connectivity index (χ4v) is 3.89. The predicted molar refractivity (Wildman–Crippen MR) is 82.5 cm³/mol. The lowest BCUT2D eigenvalue weighted by Gasteiger charge is -2.35. The van der Waals surface area contributed by atoms with Crippen molar-refractivity contribution in [3.05, 3.63) is 28.2 Å². The fraction of sp³-hybridized carbons (Fsp3) is 0.571. The van der Waals surface area contributed by atoms with E-state index in [0.29, 0.717) is 10.4 Å². The van der Waals surface area contributed by atoms with Crippen LogP contribution in [0.15, 0.2) is 22.7 Å². The Hall–Kier alpha value is -0.230. The minimum atomic E-state index is -4.29. The molecule has 20 heavy (non-hydrogen) atoms. The molecule has 1 unspecified atom stereocenters. The van der Waals surface area contributed by atoms with E-state index in [1.165, 1.54) is 12.5 Å². The van der Waals surface area contributed by atoms with Gasteiger partial charge in [0.15, 0.2) is 0 Å². The summed E-state index contributed by atoms with van der Waals surface area (Å²) in [7, 11) is 0. The molecule has 1 fully saturated rings. The normalized spacial score (nSPS) is 20.2. The van der Waals surface area contributed by atoms with Crippen LogP contribution in [0.4, 0.5) is 18.9 Å². The maximum absolute atomic E-state index is 12.7. The van der Waals surface area contributed by atoms with Gasteiger partial charge in [0.05, 0.1) is 11.3 Å². The zero-order chi connectivity index (χ0) is 14.8. The van der Waals surface area contributed by atoms with Crippen LogP contribution >= 0.6 is 31.9 Å². The highest BCUT2D eigenvalue weighted by Gasteiger charge is 2.31. The molecule has 1 heterocycles. The van der Waals surface area contributed by atoms with Crippen LogP contribution in [0.1, 0.15) is 24.8 Å². The van der Waals surface area contributed by atoms with Gasteiger partial charge in [-0.15, -0.1) is 0 Å². The predicted octanol–water partition coefficient (Wildman–Crippen LogP) is 5.47. The second-order valence-corrected chi connectivity index (χ2v) is 6.74. The van der Waals surface area contributed by atoms with Crippen LogP contribution in [0.5, 0.6) is 0 Å². The van der Waals surface area contributed by atoms with Crippen molar-refractivity contribution in [1.82, 2.24) is 0 Å². The molecule has 1 saturated heterocycles. The third kappa shape index (κ3) is 3.91. The molecule has 0 aliphatic carbocycles. The lowest BCUT2D eigenvalue weighted by atomic mass is 9.95. The average Bonchev–Trinajstić information content (AvgIpc) is 2.38. The summed E-state index contributed by atoms with van der Waals surface area (Å²) in [5.74, 6) is 0.609. The molecule has 0 saturated carbocycles. The SMILES string of the molecule is FC(F)(F)c1ccc(N2CCCC(CCBr)C2)c(Br)c1. The van der Waals surface area contributed by atoms with Gasteiger partial charge in [-0.3, -0.25) is 0 Å². The van der Waals surface area contributed by atoms with Crippen molar-refractivity contribution >= 4 is 37.5 Å². The van der Waals surface area contributed by atoms with Crippen molar-refractivity contribution in [2.24, 2.45) is 5.92 Å². The summed E-state index contributed by atoms with van der Waals surface area (Å²) in [6.45, 7) is 1.82. The maximum Gasteiger partial charge on any atom is 0.416 e. The van der Waals surface area contributed by atoms with Crippen LogP contribution < -0.4 is 4.90 Å². The van der Waals surface area contributed by atoms with Gasteiger partial charge in [0.25, 0.3) is 0 Å². The highest BCUT2D eigenvalue weighted by molar-refractivity contribution is 9.10. The number of nitrogens with zero attached hydrogens (tertiary/aromatic N) is 1. The Kier molecular flexibility index (Phi) is 5.40. The minimum Gasteiger partial charge on any atom is -0.370 e. The van der Waals surface area contributed by atoms with Gasteiger partial charge < -0.3 is 4.90 Å². The highest BCUT2D eigenvalue weighted by Crippen LogP contribution is 2.36. The van der Waals surface area contributed by atoms with Gasteiger partial charge >= 0.3 is 6.18 Å². The van der Waals surface area contributed by atoms with Gasteiger partial charge in [-0.1, -0.05) is 15.9 Å². The van der Waals surface area contributed by atoms with Crippen LogP contribution in [0.2, 0.25) is 0 Å². The molecule has 2 rings (SSSR count). The number of benzene rings is 1. The topological polar surface area (TPSA) is 3.24 Å². The van der Waals surface area contributed by atoms with E-state index in [1.807, 2.05) is 0 Å². The fourth-order valence-electron chi connectivity index (χ4n) is 2.61. The number of hydrogen-bond donors (Lipinski definition) is 0. The van der Waals surface area contributed by atoms with E-state index >= 15 is 0 Å². The highest BCUT2D eigenvalue weighted by atomic mass is 79.9. The second kappa shape index (κ2) is 6.69. The molecule has 112 valence electrons. The number of hydrogen-bond acceptors (Lipinski definition) is 1. The van der Waals surface area contributed by atoms with Gasteiger partial charge in [0.1, 0.15) is 0 Å². The third-order valence-electron chi connectivity index (χ3n) is 3.65. The Labute approximate surface area is 133 Å². The Morgan fingerprint density at radius 2 is 2.05 bits per heavy atom. The summed E-state index contributed by atoms with van der Waals surface area (Å²) in [6, 6.07) is 3.90. The molecular weight excluding hydrogens is 399 g/mol. The van der Waals surface area contributed by atoms with Crippen molar-refractivity contribution in [1.29, 1.82) is 0 Å². The molecule has 1 aromatic carbocycles. The smallest absolute Gasteiger partial charge is 0.370 e. The summed E-state index contributed by atoms with van der Waals surface area (Å²) >= 11 is 6.74. The Morgan fingerprint density at radius 1 is 1.30 bits per heavy atom. The number of piperidine rings is 1. The molecule has 1 aliphatic rings. The molecule has 0 radical (unpaired) electrons. The molecule has 0 bridgehead atoms. The van der Waals surface area contributed by atoms with Gasteiger partial charge in [0, 0.05) is 22.9 Å². The van der Waals surface area contributed by atoms with Crippen LogP contribution in [0.3, 0.4) is 0 Å². The molecule has 0 N–H and O–H groups in total. The van der Waals surface area contributed by atoms with Gasteiger partial charge in [0.2, 0.25) is 0 Å². The number of alkyl halides is 4. The van der Waals surface area contributed by atoms with Gasteiger partial charge in [-0.05, 0) is 59.3 Å². The van der Waals surface area contributed by atoms with E-state index in [-0.39, 0.29) is 0 Å². The third-order valence-corrected chi connectivity index (χ3v) is 4.75. The first-order valence-corrected chi connectivity index (χ1v) is 8.51. The van der Waals surface area contributed by atoms with Crippen molar-refractivity contribution in [2.45, 2.75) is 25.4 Å². The molecule has 1 aliphatic heterocycles. The molecule has 0 spiro atoms. The Morgan fingerprint density at radius 3 is 2.65 bits per heavy atom. The molecule has 1 aromatic rings. The maximum atomic E-state index is 12.7. The molecule has 0 amide bonds. The summed E-state index contributed by atoms with van der Waals surface area (Å²) in [5, 5.41) is 0.972. The summed E-state index contributed by atoms with van der Waals surface area (Å²) in [4.78, 5) is 2.18. The molecule has 0 aromatic heterocycles. The molecule has 6 heteroatoms. The number of rotatable bonds is 3. The van der Waals surface area contributed by atoms with E-state index in [4.69, 9.17) is 0 Å². The monoisotopic (exact) mass is 413 g/mol. The summed E-state index contributed by atoms with van der Waals surface area (Å²) in [5.41, 5.74) is 0.249. The summed E-state index contributed by atoms with van der Waals surface area (Å²) in [6.07, 6.45) is -0.901. The van der Waals surface area contributed by atoms with Crippen molar-refractivity contribution in [2.75, 3.05) is 23.3 Å². The molecule has 1 atom stereocenters. The van der Waals surface area contributed by atoms with Crippen LogP contribution in [0.25, 0.3) is 0 Å². The number of halogens is 5. The zero-order valence-electron chi connectivity index (χ0n) is 10.9. The zero-order valence-corrected chi connectivity index (χ0v) is 14.1. The standard InChI is InChI=1S/C14H16Br2F3N/c15-6-5-10-2-1-7-20(9-10)13-4-3-11(8-12(13)16)14(17,18)19/h3-4,8,10H,1-2,5-7,9H2. The lowest BCUT2D eigenvalue weighted by molar-refractivity contribution is -0.137. The van der Waals surface area contributed by atoms with E-state index in [2.05, 4.69) is 36.8 Å². The van der Waals surface area contributed by atoms with Crippen LogP contribution in [-0.2, 0) is 6.18 Å². The van der Waals surface area contributed by atoms with Crippen molar-refractivity contribution < 1.29 is 13.2 Å². The lowest BCUT2D eigenvalue weighted by Crippen LogP contribution is -2.35. The first-order valence-electron chi connectivity index (χ1n) is 6.59. The first-order chi connectivity index (χ1) is 9.41. The van der Waals surface area contributed by atoms with E-state index < -0.39 is 11.7 Å². The van der Waals surface area contributed by atoms with Crippen LogP contribution in [-0.4, -0.2) is 18.4 Å². The largest absolute Gasteiger partial charge is 0.416 e. The van der Waals surface area contributed by atoms with E-state index in [1.54, 1.807) is 6.07 Å². The number of anilines is 1. The van der Waals surface area contributed by atoms with E-state index in [0.717, 1.165) is 43.0 Å². The van der Waals surface area contributed by atoms with E-state index in [9.17, 15) is 13.2 Å². The van der Waals surface area contributed by atoms with Crippen LogP contribution in [0, 0.1) is 5.92 Å². The quantitative estimate of drug-likeness (QED) is 0.592. The van der Waals surface area contributed by atoms with Crippen molar-refractivity contribution in [3.63, 3.8) is 0 Å². The average molecular weight is 415 g/mol. The first kappa shape index (κ1) is 16.1. The van der Waals surface area contributed by atoms with Gasteiger partial charge in [-0.25, -0.2) is 0 Å². The second-order valence-electron chi connectivity index (χ2n) is 5.10. The van der Waals surface area contributed by atoms with Gasteiger partial charge in [-0.2, -0.15) is 13.2 Å². The molecule has 1 nitrogen and oxygen atoms in total. The Bertz CT molecular complexity index is 460. The molecular formula is C14H16Br2F3N. The van der Waals surface area contributed by atoms with Crippen molar-refractivity contribution in [3.8, 4) is 0 Å².